The molecule has 0 bridgehead atoms. The van der Waals surface area contributed by atoms with Gasteiger partial charge in [0.1, 0.15) is 17.5 Å². The maximum absolute atomic E-state index is 12.9. The Morgan fingerprint density at radius 1 is 1.24 bits per heavy atom. The van der Waals surface area contributed by atoms with Crippen molar-refractivity contribution in [2.45, 2.75) is 58.3 Å². The Balaban J connectivity index is 1.54. The maximum Gasteiger partial charge on any atom is 0.237 e. The molecule has 0 saturated heterocycles. The smallest absolute Gasteiger partial charge is 0.237 e. The van der Waals surface area contributed by atoms with Gasteiger partial charge in [-0.3, -0.25) is 10.1 Å². The highest BCUT2D eigenvalue weighted by Crippen LogP contribution is 2.19. The van der Waals surface area contributed by atoms with Crippen molar-refractivity contribution >= 4 is 5.91 Å². The summed E-state index contributed by atoms with van der Waals surface area (Å²) in [4.78, 5) is 12.3. The third kappa shape index (κ3) is 4.22. The van der Waals surface area contributed by atoms with Crippen LogP contribution in [0.4, 0.5) is 4.39 Å². The summed E-state index contributed by atoms with van der Waals surface area (Å²) in [5.74, 6) is 1.53. The van der Waals surface area contributed by atoms with Crippen molar-refractivity contribution in [3.05, 3.63) is 47.3 Å². The monoisotopic (exact) mass is 345 g/mol. The first-order valence-electron chi connectivity index (χ1n) is 8.75. The Kier molecular flexibility index (Phi) is 5.43. The average Bonchev–Trinajstić information content (AvgIpc) is 3.05. The largest absolute Gasteiger partial charge is 0.351 e. The van der Waals surface area contributed by atoms with Crippen molar-refractivity contribution < 1.29 is 9.18 Å². The fourth-order valence-electron chi connectivity index (χ4n) is 3.12. The Bertz CT molecular complexity index is 728. The lowest BCUT2D eigenvalue weighted by molar-refractivity contribution is -0.123. The lowest BCUT2D eigenvalue weighted by Crippen LogP contribution is -2.43. The molecule has 1 amide bonds. The third-order valence-corrected chi connectivity index (χ3v) is 4.55. The molecule has 0 aliphatic carbocycles. The van der Waals surface area contributed by atoms with Gasteiger partial charge in [0.05, 0.1) is 12.1 Å². The van der Waals surface area contributed by atoms with Crippen molar-refractivity contribution in [1.82, 2.24) is 25.4 Å². The highest BCUT2D eigenvalue weighted by atomic mass is 19.1. The lowest BCUT2D eigenvalue weighted by atomic mass is 10.1. The van der Waals surface area contributed by atoms with E-state index in [1.54, 1.807) is 12.1 Å². The van der Waals surface area contributed by atoms with Crippen LogP contribution in [0.2, 0.25) is 0 Å². The second-order valence-electron chi connectivity index (χ2n) is 6.54. The third-order valence-electron chi connectivity index (χ3n) is 4.55. The quantitative estimate of drug-likeness (QED) is 0.841. The number of nitrogens with zero attached hydrogens (tertiary/aromatic N) is 3. The van der Waals surface area contributed by atoms with Gasteiger partial charge in [0.25, 0.3) is 0 Å². The van der Waals surface area contributed by atoms with E-state index in [1.807, 2.05) is 13.8 Å². The van der Waals surface area contributed by atoms with Gasteiger partial charge in [-0.15, -0.1) is 10.2 Å². The maximum atomic E-state index is 12.9. The molecule has 1 aliphatic heterocycles. The van der Waals surface area contributed by atoms with Gasteiger partial charge in [-0.2, -0.15) is 0 Å². The highest BCUT2D eigenvalue weighted by molar-refractivity contribution is 5.81. The molecule has 0 saturated carbocycles. The summed E-state index contributed by atoms with van der Waals surface area (Å²) in [5.41, 5.74) is 0.863. The molecular formula is C18H24FN5O. The number of halogens is 1. The molecule has 0 radical (unpaired) electrons. The summed E-state index contributed by atoms with van der Waals surface area (Å²) in [7, 11) is 0. The Morgan fingerprint density at radius 2 is 2.00 bits per heavy atom. The number of aromatic nitrogens is 3. The summed E-state index contributed by atoms with van der Waals surface area (Å²) < 4.78 is 15.1. The van der Waals surface area contributed by atoms with Crippen LogP contribution in [0, 0.1) is 5.82 Å². The van der Waals surface area contributed by atoms with E-state index in [0.29, 0.717) is 6.54 Å². The minimum absolute atomic E-state index is 0.0640. The molecule has 0 unspecified atom stereocenters. The number of nitrogens with one attached hydrogen (secondary N) is 2. The molecule has 6 nitrogen and oxygen atoms in total. The molecule has 7 heteroatoms. The minimum Gasteiger partial charge on any atom is -0.351 e. The van der Waals surface area contributed by atoms with Gasteiger partial charge in [-0.05, 0) is 44.4 Å². The number of hydrogen-bond acceptors (Lipinski definition) is 4. The van der Waals surface area contributed by atoms with Gasteiger partial charge in [0, 0.05) is 19.5 Å². The van der Waals surface area contributed by atoms with E-state index < -0.39 is 0 Å². The molecule has 25 heavy (non-hydrogen) atoms. The zero-order valence-corrected chi connectivity index (χ0v) is 14.6. The summed E-state index contributed by atoms with van der Waals surface area (Å²) in [5, 5.41) is 14.7. The topological polar surface area (TPSA) is 71.8 Å². The molecular weight excluding hydrogens is 321 g/mol. The lowest BCUT2D eigenvalue weighted by Gasteiger charge is -2.21. The van der Waals surface area contributed by atoms with Gasteiger partial charge >= 0.3 is 0 Å². The van der Waals surface area contributed by atoms with Crippen LogP contribution < -0.4 is 10.6 Å². The van der Waals surface area contributed by atoms with Crippen molar-refractivity contribution in [2.24, 2.45) is 0 Å². The second kappa shape index (κ2) is 7.74. The van der Waals surface area contributed by atoms with Gasteiger partial charge in [0.15, 0.2) is 0 Å². The fourth-order valence-corrected chi connectivity index (χ4v) is 3.12. The Morgan fingerprint density at radius 3 is 2.76 bits per heavy atom. The van der Waals surface area contributed by atoms with Gasteiger partial charge in [-0.25, -0.2) is 4.39 Å². The standard InChI is InChI=1S/C18H24FN5O/c1-12(17-23-22-16-5-3-4-10-24(16)17)21-13(2)18(25)20-11-14-6-8-15(19)9-7-14/h6-9,12-13,21H,3-5,10-11H2,1-2H3,(H,20,25)/t12-,13-/m1/s1. The Hall–Kier alpha value is -2.28. The SMILES string of the molecule is C[C@@H](N[C@H](C)c1nnc2n1CCCC2)C(=O)NCc1ccc(F)cc1. The number of amides is 1. The van der Waals surface area contributed by atoms with Crippen LogP contribution in [0.1, 0.15) is 49.9 Å². The fraction of sp³-hybridized carbons (Fsp3) is 0.500. The van der Waals surface area contributed by atoms with Crippen LogP contribution in [0.25, 0.3) is 0 Å². The molecule has 1 aromatic heterocycles. The van der Waals surface area contributed by atoms with Crippen LogP contribution in [-0.4, -0.2) is 26.7 Å². The molecule has 2 aromatic rings. The van der Waals surface area contributed by atoms with E-state index in [9.17, 15) is 9.18 Å². The highest BCUT2D eigenvalue weighted by Gasteiger charge is 2.23. The normalized spacial score (nSPS) is 16.1. The minimum atomic E-state index is -0.369. The number of hydrogen-bond donors (Lipinski definition) is 2. The molecule has 2 N–H and O–H groups in total. The zero-order chi connectivity index (χ0) is 17.8. The summed E-state index contributed by atoms with van der Waals surface area (Å²) in [6, 6.07) is 5.68. The first-order valence-corrected chi connectivity index (χ1v) is 8.75. The van der Waals surface area contributed by atoms with Crippen LogP contribution in [0.3, 0.4) is 0 Å². The Labute approximate surface area is 146 Å². The van der Waals surface area contributed by atoms with Gasteiger partial charge in [0.2, 0.25) is 5.91 Å². The predicted molar refractivity (Wildman–Crippen MR) is 92.2 cm³/mol. The van der Waals surface area contributed by atoms with Crippen molar-refractivity contribution in [3.63, 3.8) is 0 Å². The van der Waals surface area contributed by atoms with Crippen LogP contribution in [-0.2, 0) is 24.3 Å². The molecule has 2 heterocycles. The summed E-state index contributed by atoms with van der Waals surface area (Å²) >= 11 is 0. The van der Waals surface area contributed by atoms with E-state index in [-0.39, 0.29) is 23.8 Å². The van der Waals surface area contributed by atoms with Crippen LogP contribution >= 0.6 is 0 Å². The number of benzene rings is 1. The molecule has 0 spiro atoms. The first-order chi connectivity index (χ1) is 12.0. The average molecular weight is 345 g/mol. The number of carbonyl (C=O) groups is 1. The number of fused-ring (bicyclic) bond motifs is 1. The predicted octanol–water partition coefficient (Wildman–Crippen LogP) is 2.11. The molecule has 134 valence electrons. The number of carbonyl (C=O) groups excluding carboxylic acids is 1. The van der Waals surface area contributed by atoms with Crippen molar-refractivity contribution in [3.8, 4) is 0 Å². The van der Waals surface area contributed by atoms with Crippen molar-refractivity contribution in [2.75, 3.05) is 0 Å². The van der Waals surface area contributed by atoms with Crippen molar-refractivity contribution in [1.29, 1.82) is 0 Å². The van der Waals surface area contributed by atoms with E-state index in [0.717, 1.165) is 43.0 Å². The van der Waals surface area contributed by atoms with Crippen LogP contribution in [0.15, 0.2) is 24.3 Å². The van der Waals surface area contributed by atoms with Gasteiger partial charge < -0.3 is 9.88 Å². The molecule has 3 rings (SSSR count). The van der Waals surface area contributed by atoms with Gasteiger partial charge in [-0.1, -0.05) is 12.1 Å². The van der Waals surface area contributed by atoms with E-state index in [4.69, 9.17) is 0 Å². The second-order valence-corrected chi connectivity index (χ2v) is 6.54. The molecule has 1 aromatic carbocycles. The summed E-state index contributed by atoms with van der Waals surface area (Å²) in [6.45, 7) is 5.13. The molecule has 1 aliphatic rings. The number of rotatable bonds is 6. The van der Waals surface area contributed by atoms with E-state index in [1.165, 1.54) is 12.1 Å². The molecule has 2 atom stereocenters. The summed E-state index contributed by atoms with van der Waals surface area (Å²) in [6.07, 6.45) is 3.26. The zero-order valence-electron chi connectivity index (χ0n) is 14.6. The number of aryl methyl sites for hydroxylation is 1. The van der Waals surface area contributed by atoms with E-state index >= 15 is 0 Å². The van der Waals surface area contributed by atoms with Crippen LogP contribution in [0.5, 0.6) is 0 Å². The first kappa shape index (κ1) is 17.5. The molecule has 0 fully saturated rings. The van der Waals surface area contributed by atoms with E-state index in [2.05, 4.69) is 25.4 Å².